The molecule has 0 unspecified atom stereocenters. The molecule has 5 nitrogen and oxygen atoms in total. The van der Waals surface area contributed by atoms with Crippen LogP contribution in [0.3, 0.4) is 0 Å². The zero-order valence-electron chi connectivity index (χ0n) is 16.1. The first kappa shape index (κ1) is 20.9. The molecule has 1 aromatic heterocycles. The van der Waals surface area contributed by atoms with Crippen LogP contribution in [-0.4, -0.2) is 57.2 Å². The number of ether oxygens (including phenoxy) is 3. The average Bonchev–Trinajstić information content (AvgIpc) is 2.64. The zero-order valence-corrected chi connectivity index (χ0v) is 16.1. The van der Waals surface area contributed by atoms with Gasteiger partial charge in [-0.3, -0.25) is 0 Å². The first-order valence-corrected chi connectivity index (χ1v) is 9.39. The van der Waals surface area contributed by atoms with E-state index >= 15 is 0 Å². The number of nitrogens with zero attached hydrogens (tertiary/aromatic N) is 2. The molecule has 0 atom stereocenters. The summed E-state index contributed by atoms with van der Waals surface area (Å²) in [5, 5.41) is 0. The van der Waals surface area contributed by atoms with Crippen molar-refractivity contribution in [2.45, 2.75) is 50.2 Å². The van der Waals surface area contributed by atoms with Crippen molar-refractivity contribution in [2.75, 3.05) is 38.8 Å². The Balaban J connectivity index is 1.64. The second-order valence-corrected chi connectivity index (χ2v) is 7.11. The second kappa shape index (κ2) is 9.12. The van der Waals surface area contributed by atoms with E-state index in [0.29, 0.717) is 18.9 Å². The molecular weight excluding hydrogens is 373 g/mol. The molecule has 0 radical (unpaired) electrons. The molecule has 0 N–H and O–H groups in total. The lowest BCUT2D eigenvalue weighted by Crippen LogP contribution is -2.43. The van der Waals surface area contributed by atoms with Crippen LogP contribution in [0.1, 0.15) is 36.9 Å². The smallest absolute Gasteiger partial charge is 0.381 e. The highest BCUT2D eigenvalue weighted by atomic mass is 19.4. The lowest BCUT2D eigenvalue weighted by molar-refractivity contribution is -0.141. The quantitative estimate of drug-likeness (QED) is 0.713. The van der Waals surface area contributed by atoms with Gasteiger partial charge in [-0.2, -0.15) is 13.2 Å². The summed E-state index contributed by atoms with van der Waals surface area (Å²) in [7, 11) is 3.19. The van der Waals surface area contributed by atoms with Gasteiger partial charge in [0.15, 0.2) is 0 Å². The number of halogens is 3. The van der Waals surface area contributed by atoms with Crippen molar-refractivity contribution in [1.82, 2.24) is 4.98 Å². The van der Waals surface area contributed by atoms with Gasteiger partial charge in [-0.05, 0) is 37.8 Å². The van der Waals surface area contributed by atoms with Gasteiger partial charge in [-0.1, -0.05) is 11.8 Å². The normalized spacial score (nSPS) is 23.1. The van der Waals surface area contributed by atoms with Gasteiger partial charge in [0, 0.05) is 32.9 Å². The van der Waals surface area contributed by atoms with E-state index in [1.807, 2.05) is 4.90 Å². The third-order valence-corrected chi connectivity index (χ3v) is 5.09. The van der Waals surface area contributed by atoms with Gasteiger partial charge in [0.05, 0.1) is 18.3 Å². The van der Waals surface area contributed by atoms with Crippen molar-refractivity contribution in [3.8, 4) is 11.8 Å². The molecule has 0 amide bonds. The van der Waals surface area contributed by atoms with Crippen molar-refractivity contribution >= 4 is 5.82 Å². The molecule has 3 rings (SSSR count). The SMILES string of the molecule is COCC#Cc1cc(N2CCC(OC3CC(OC)C3)CC2)nc(C(F)(F)F)c1. The van der Waals surface area contributed by atoms with Gasteiger partial charge in [-0.25, -0.2) is 4.98 Å². The van der Waals surface area contributed by atoms with Crippen LogP contribution in [0.4, 0.5) is 19.0 Å². The fourth-order valence-corrected chi connectivity index (χ4v) is 3.42. The largest absolute Gasteiger partial charge is 0.433 e. The number of anilines is 1. The fraction of sp³-hybridized carbons (Fsp3) is 0.650. The van der Waals surface area contributed by atoms with E-state index in [-0.39, 0.29) is 30.5 Å². The Bertz CT molecular complexity index is 716. The van der Waals surface area contributed by atoms with Gasteiger partial charge in [0.1, 0.15) is 18.1 Å². The highest BCUT2D eigenvalue weighted by molar-refractivity contribution is 5.49. The minimum Gasteiger partial charge on any atom is -0.381 e. The first-order chi connectivity index (χ1) is 13.4. The Labute approximate surface area is 163 Å². The Hall–Kier alpha value is -1.82. The second-order valence-electron chi connectivity index (χ2n) is 7.11. The van der Waals surface area contributed by atoms with Gasteiger partial charge in [0.25, 0.3) is 0 Å². The Morgan fingerprint density at radius 1 is 1.11 bits per heavy atom. The fourth-order valence-electron chi connectivity index (χ4n) is 3.42. The predicted molar refractivity (Wildman–Crippen MR) is 98.1 cm³/mol. The molecule has 1 saturated carbocycles. The molecule has 8 heteroatoms. The van der Waals surface area contributed by atoms with Gasteiger partial charge in [0.2, 0.25) is 0 Å². The maximum absolute atomic E-state index is 13.2. The molecule has 1 aliphatic carbocycles. The van der Waals surface area contributed by atoms with Crippen LogP contribution in [0.5, 0.6) is 0 Å². The summed E-state index contributed by atoms with van der Waals surface area (Å²) in [6.07, 6.45) is -0.519. The average molecular weight is 398 g/mol. The molecule has 28 heavy (non-hydrogen) atoms. The summed E-state index contributed by atoms with van der Waals surface area (Å²) in [5.74, 6) is 5.72. The number of pyridine rings is 1. The molecule has 0 bridgehead atoms. The third kappa shape index (κ3) is 5.37. The third-order valence-electron chi connectivity index (χ3n) is 5.09. The minimum atomic E-state index is -4.52. The van der Waals surface area contributed by atoms with Gasteiger partial charge >= 0.3 is 6.18 Å². The van der Waals surface area contributed by atoms with E-state index in [1.165, 1.54) is 7.11 Å². The van der Waals surface area contributed by atoms with Crippen molar-refractivity contribution in [2.24, 2.45) is 0 Å². The van der Waals surface area contributed by atoms with Crippen LogP contribution in [0, 0.1) is 11.8 Å². The van der Waals surface area contributed by atoms with E-state index in [4.69, 9.17) is 14.2 Å². The predicted octanol–water partition coefficient (Wildman–Crippen LogP) is 3.26. The van der Waals surface area contributed by atoms with Crippen molar-refractivity contribution in [3.63, 3.8) is 0 Å². The molecular formula is C20H25F3N2O3. The molecule has 0 spiro atoms. The van der Waals surface area contributed by atoms with E-state index in [0.717, 1.165) is 31.7 Å². The highest BCUT2D eigenvalue weighted by Crippen LogP contribution is 2.32. The van der Waals surface area contributed by atoms with Gasteiger partial charge in [-0.15, -0.1) is 0 Å². The van der Waals surface area contributed by atoms with E-state index < -0.39 is 11.9 Å². The Morgan fingerprint density at radius 2 is 1.82 bits per heavy atom. The van der Waals surface area contributed by atoms with Crippen LogP contribution < -0.4 is 4.90 Å². The standard InChI is InChI=1S/C20H25F3N2O3/c1-26-9-3-4-14-10-18(20(21,22)23)24-19(11-14)25-7-5-15(6-8-25)28-17-12-16(13-17)27-2/h10-11,15-17H,5-9,12-13H2,1-2H3. The van der Waals surface area contributed by atoms with Crippen molar-refractivity contribution in [1.29, 1.82) is 0 Å². The number of hydrogen-bond acceptors (Lipinski definition) is 5. The van der Waals surface area contributed by atoms with E-state index in [2.05, 4.69) is 16.8 Å². The van der Waals surface area contributed by atoms with E-state index in [1.54, 1.807) is 13.2 Å². The number of piperidine rings is 1. The molecule has 1 aliphatic heterocycles. The molecule has 1 aromatic rings. The summed E-state index contributed by atoms with van der Waals surface area (Å²) < 4.78 is 55.9. The minimum absolute atomic E-state index is 0.130. The molecule has 2 heterocycles. The summed E-state index contributed by atoms with van der Waals surface area (Å²) in [4.78, 5) is 5.71. The number of aromatic nitrogens is 1. The number of alkyl halides is 3. The zero-order chi connectivity index (χ0) is 20.1. The molecule has 154 valence electrons. The summed E-state index contributed by atoms with van der Waals surface area (Å²) in [5.41, 5.74) is -0.641. The van der Waals surface area contributed by atoms with Crippen LogP contribution in [0.15, 0.2) is 12.1 Å². The molecule has 2 aliphatic rings. The molecule has 0 aromatic carbocycles. The van der Waals surface area contributed by atoms with Crippen LogP contribution in [0.25, 0.3) is 0 Å². The van der Waals surface area contributed by atoms with Crippen LogP contribution >= 0.6 is 0 Å². The first-order valence-electron chi connectivity index (χ1n) is 9.39. The number of rotatable bonds is 5. The number of hydrogen-bond donors (Lipinski definition) is 0. The number of methoxy groups -OCH3 is 2. The molecule has 2 fully saturated rings. The van der Waals surface area contributed by atoms with Crippen LogP contribution in [-0.2, 0) is 20.4 Å². The maximum Gasteiger partial charge on any atom is 0.433 e. The maximum atomic E-state index is 13.2. The lowest BCUT2D eigenvalue weighted by atomic mass is 9.91. The van der Waals surface area contributed by atoms with Gasteiger partial charge < -0.3 is 19.1 Å². The lowest BCUT2D eigenvalue weighted by Gasteiger charge is -2.39. The summed E-state index contributed by atoms with van der Waals surface area (Å²) in [6, 6.07) is 2.58. The Kier molecular flexibility index (Phi) is 6.81. The van der Waals surface area contributed by atoms with Crippen LogP contribution in [0.2, 0.25) is 0 Å². The topological polar surface area (TPSA) is 43.8 Å². The summed E-state index contributed by atoms with van der Waals surface area (Å²) in [6.45, 7) is 1.36. The van der Waals surface area contributed by atoms with Crippen molar-refractivity contribution < 1.29 is 27.4 Å². The molecule has 1 saturated heterocycles. The summed E-state index contributed by atoms with van der Waals surface area (Å²) >= 11 is 0. The van der Waals surface area contributed by atoms with E-state index in [9.17, 15) is 13.2 Å². The monoisotopic (exact) mass is 398 g/mol. The highest BCUT2D eigenvalue weighted by Gasteiger charge is 2.35. The Morgan fingerprint density at radius 3 is 2.43 bits per heavy atom. The van der Waals surface area contributed by atoms with Crippen molar-refractivity contribution in [3.05, 3.63) is 23.4 Å².